The van der Waals surface area contributed by atoms with Crippen LogP contribution in [-0.4, -0.2) is 43.6 Å². The third-order valence-corrected chi connectivity index (χ3v) is 11.1. The number of carbonyl (C=O) groups is 1. The Balaban J connectivity index is 1.99. The molecular formula is C27H40O4Si. The third-order valence-electron chi connectivity index (χ3n) is 6.02. The van der Waals surface area contributed by atoms with Crippen molar-refractivity contribution < 1.29 is 19.4 Å². The van der Waals surface area contributed by atoms with Crippen molar-refractivity contribution >= 4 is 24.5 Å². The van der Waals surface area contributed by atoms with Crippen LogP contribution in [0.2, 0.25) is 5.04 Å². The van der Waals surface area contributed by atoms with Crippen LogP contribution in [0.5, 0.6) is 0 Å². The lowest BCUT2D eigenvalue weighted by Gasteiger charge is -2.43. The molecule has 0 unspecified atom stereocenters. The number of Topliss-reactive ketones (excluding diaryl/α,β-unsaturated/α-hetero) is 1. The molecule has 0 heterocycles. The first-order valence-corrected chi connectivity index (χ1v) is 13.8. The van der Waals surface area contributed by atoms with Gasteiger partial charge in [0.15, 0.2) is 0 Å². The molecule has 0 saturated carbocycles. The molecule has 2 aromatic carbocycles. The third kappa shape index (κ3) is 7.38. The van der Waals surface area contributed by atoms with E-state index in [2.05, 4.69) is 69.3 Å². The number of hydrogen-bond acceptors (Lipinski definition) is 4. The fourth-order valence-corrected chi connectivity index (χ4v) is 8.99. The molecule has 0 aromatic heterocycles. The molecule has 5 heteroatoms. The van der Waals surface area contributed by atoms with E-state index in [9.17, 15) is 9.90 Å². The van der Waals surface area contributed by atoms with Crippen LogP contribution in [0, 0.1) is 0 Å². The van der Waals surface area contributed by atoms with E-state index in [-0.39, 0.29) is 17.4 Å². The Kier molecular flexibility index (Phi) is 10.8. The minimum atomic E-state index is -2.52. The molecule has 0 fully saturated rings. The standard InChI is InChI=1S/C27H40O4Si/c1-27(2,3)32(25-17-6-4-7-18-25,26-19-8-5-9-20-26)31-22-12-16-24(30)14-10-13-23(29)15-11-21-28/h4-9,17-20,24,28,30H,10-16,21-22H2,1-3H3/t24-/m1/s1. The lowest BCUT2D eigenvalue weighted by Crippen LogP contribution is -2.66. The van der Waals surface area contributed by atoms with Gasteiger partial charge in [-0.05, 0) is 47.5 Å². The zero-order valence-electron chi connectivity index (χ0n) is 19.9. The van der Waals surface area contributed by atoms with Crippen molar-refractivity contribution in [3.63, 3.8) is 0 Å². The SMILES string of the molecule is CC(C)(C)[Si](OCCC[C@H](O)CCCC(=O)CCCO)(c1ccccc1)c1ccccc1. The first-order valence-electron chi connectivity index (χ1n) is 11.9. The normalized spacial score (nSPS) is 13.2. The number of aliphatic hydroxyl groups excluding tert-OH is 2. The molecule has 32 heavy (non-hydrogen) atoms. The summed E-state index contributed by atoms with van der Waals surface area (Å²) in [6.07, 6.45) is 3.80. The van der Waals surface area contributed by atoms with E-state index in [1.165, 1.54) is 10.4 Å². The Morgan fingerprint density at radius 3 is 1.88 bits per heavy atom. The molecule has 2 aromatic rings. The highest BCUT2D eigenvalue weighted by atomic mass is 28.4. The first kappa shape index (κ1) is 26.5. The average Bonchev–Trinajstić information content (AvgIpc) is 2.78. The largest absolute Gasteiger partial charge is 0.407 e. The molecule has 0 aliphatic heterocycles. The minimum Gasteiger partial charge on any atom is -0.407 e. The molecule has 176 valence electrons. The highest BCUT2D eigenvalue weighted by molar-refractivity contribution is 6.99. The summed E-state index contributed by atoms with van der Waals surface area (Å²) >= 11 is 0. The van der Waals surface area contributed by atoms with Gasteiger partial charge in [0.1, 0.15) is 5.78 Å². The van der Waals surface area contributed by atoms with Crippen LogP contribution in [0.4, 0.5) is 0 Å². The molecule has 0 radical (unpaired) electrons. The Hall–Kier alpha value is -1.79. The average molecular weight is 457 g/mol. The van der Waals surface area contributed by atoms with E-state index < -0.39 is 14.4 Å². The van der Waals surface area contributed by atoms with Crippen LogP contribution < -0.4 is 10.4 Å². The summed E-state index contributed by atoms with van der Waals surface area (Å²) < 4.78 is 6.85. The topological polar surface area (TPSA) is 66.8 Å². The summed E-state index contributed by atoms with van der Waals surface area (Å²) in [7, 11) is -2.52. The van der Waals surface area contributed by atoms with Crippen LogP contribution in [0.15, 0.2) is 60.7 Å². The summed E-state index contributed by atoms with van der Waals surface area (Å²) in [5.41, 5.74) is 0. The summed E-state index contributed by atoms with van der Waals surface area (Å²) in [6.45, 7) is 7.45. The van der Waals surface area contributed by atoms with E-state index in [0.717, 1.165) is 6.42 Å². The van der Waals surface area contributed by atoms with Crippen molar-refractivity contribution in [1.82, 2.24) is 0 Å². The smallest absolute Gasteiger partial charge is 0.261 e. The fourth-order valence-electron chi connectivity index (χ4n) is 4.39. The second kappa shape index (κ2) is 13.0. The Bertz CT molecular complexity index is 747. The maximum absolute atomic E-state index is 11.7. The number of aliphatic hydroxyl groups is 2. The highest BCUT2D eigenvalue weighted by Crippen LogP contribution is 2.36. The number of hydrogen-bond donors (Lipinski definition) is 2. The highest BCUT2D eigenvalue weighted by Gasteiger charge is 2.49. The van der Waals surface area contributed by atoms with Crippen LogP contribution in [0.25, 0.3) is 0 Å². The van der Waals surface area contributed by atoms with Gasteiger partial charge < -0.3 is 14.6 Å². The van der Waals surface area contributed by atoms with Gasteiger partial charge in [-0.3, -0.25) is 4.79 Å². The second-order valence-corrected chi connectivity index (χ2v) is 13.9. The summed E-state index contributed by atoms with van der Waals surface area (Å²) in [5, 5.41) is 21.6. The van der Waals surface area contributed by atoms with Gasteiger partial charge in [-0.15, -0.1) is 0 Å². The van der Waals surface area contributed by atoms with Gasteiger partial charge in [0, 0.05) is 26.1 Å². The van der Waals surface area contributed by atoms with Crippen molar-refractivity contribution in [2.75, 3.05) is 13.2 Å². The molecule has 0 spiro atoms. The Morgan fingerprint density at radius 2 is 1.38 bits per heavy atom. The van der Waals surface area contributed by atoms with E-state index >= 15 is 0 Å². The second-order valence-electron chi connectivity index (χ2n) is 9.57. The molecular weight excluding hydrogens is 416 g/mol. The molecule has 1 atom stereocenters. The Labute approximate surface area is 194 Å². The summed E-state index contributed by atoms with van der Waals surface area (Å²) in [5.74, 6) is 0.168. The number of rotatable bonds is 14. The van der Waals surface area contributed by atoms with Crippen molar-refractivity contribution in [2.24, 2.45) is 0 Å². The maximum atomic E-state index is 11.7. The van der Waals surface area contributed by atoms with Crippen LogP contribution >= 0.6 is 0 Å². The predicted molar refractivity (Wildman–Crippen MR) is 134 cm³/mol. The van der Waals surface area contributed by atoms with Crippen molar-refractivity contribution in [2.45, 2.75) is 76.9 Å². The van der Waals surface area contributed by atoms with Gasteiger partial charge >= 0.3 is 0 Å². The Morgan fingerprint density at radius 1 is 0.875 bits per heavy atom. The molecule has 0 aliphatic carbocycles. The van der Waals surface area contributed by atoms with E-state index in [1.807, 2.05) is 12.1 Å². The molecule has 2 N–H and O–H groups in total. The molecule has 0 aliphatic rings. The number of benzene rings is 2. The minimum absolute atomic E-state index is 0.0523. The predicted octanol–water partition coefficient (Wildman–Crippen LogP) is 4.22. The molecule has 0 bridgehead atoms. The monoisotopic (exact) mass is 456 g/mol. The van der Waals surface area contributed by atoms with Crippen molar-refractivity contribution in [3.8, 4) is 0 Å². The zero-order chi connectivity index (χ0) is 23.5. The summed E-state index contributed by atoms with van der Waals surface area (Å²) in [6, 6.07) is 21.2. The number of ketones is 1. The van der Waals surface area contributed by atoms with Gasteiger partial charge in [0.2, 0.25) is 0 Å². The summed E-state index contributed by atoms with van der Waals surface area (Å²) in [4.78, 5) is 11.7. The molecule has 0 amide bonds. The maximum Gasteiger partial charge on any atom is 0.261 e. The van der Waals surface area contributed by atoms with Gasteiger partial charge in [-0.25, -0.2) is 0 Å². The quantitative estimate of drug-likeness (QED) is 0.330. The van der Waals surface area contributed by atoms with Crippen molar-refractivity contribution in [1.29, 1.82) is 0 Å². The van der Waals surface area contributed by atoms with E-state index in [4.69, 9.17) is 9.53 Å². The lowest BCUT2D eigenvalue weighted by molar-refractivity contribution is -0.119. The lowest BCUT2D eigenvalue weighted by atomic mass is 10.0. The van der Waals surface area contributed by atoms with Gasteiger partial charge in [-0.2, -0.15) is 0 Å². The van der Waals surface area contributed by atoms with Crippen LogP contribution in [0.3, 0.4) is 0 Å². The first-order chi connectivity index (χ1) is 15.3. The fraction of sp³-hybridized carbons (Fsp3) is 0.519. The van der Waals surface area contributed by atoms with Gasteiger partial charge in [0.25, 0.3) is 8.32 Å². The molecule has 2 rings (SSSR count). The molecule has 0 saturated heterocycles. The number of carbonyl (C=O) groups excluding carboxylic acids is 1. The zero-order valence-corrected chi connectivity index (χ0v) is 20.9. The van der Waals surface area contributed by atoms with Gasteiger partial charge in [-0.1, -0.05) is 81.4 Å². The van der Waals surface area contributed by atoms with Crippen LogP contribution in [-0.2, 0) is 9.22 Å². The van der Waals surface area contributed by atoms with Crippen LogP contribution in [0.1, 0.15) is 65.7 Å². The molecule has 4 nitrogen and oxygen atoms in total. The van der Waals surface area contributed by atoms with E-state index in [1.54, 1.807) is 0 Å². The van der Waals surface area contributed by atoms with E-state index in [0.29, 0.717) is 45.1 Å². The van der Waals surface area contributed by atoms with Crippen molar-refractivity contribution in [3.05, 3.63) is 60.7 Å². The van der Waals surface area contributed by atoms with Gasteiger partial charge in [0.05, 0.1) is 6.10 Å².